The van der Waals surface area contributed by atoms with Gasteiger partial charge in [0.2, 0.25) is 0 Å². The molecule has 13 heteroatoms. The van der Waals surface area contributed by atoms with Crippen LogP contribution >= 0.6 is 0 Å². The van der Waals surface area contributed by atoms with Gasteiger partial charge in [-0.2, -0.15) is 0 Å². The minimum Gasteiger partial charge on any atom is -0.497 e. The first kappa shape index (κ1) is 37.8. The molecule has 8 rings (SSSR count). The lowest BCUT2D eigenvalue weighted by Crippen LogP contribution is -2.28. The second kappa shape index (κ2) is 15.8. The number of methoxy groups -OCH3 is 2. The third kappa shape index (κ3) is 7.42. The summed E-state index contributed by atoms with van der Waals surface area (Å²) < 4.78 is 43.5. The molecule has 0 fully saturated rings. The van der Waals surface area contributed by atoms with E-state index in [9.17, 15) is 23.1 Å². The first-order valence-electron chi connectivity index (χ1n) is 18.4. The molecule has 12 nitrogen and oxygen atoms in total. The molecular formula is C45H39N5O7S. The van der Waals surface area contributed by atoms with Crippen molar-refractivity contribution in [3.63, 3.8) is 0 Å². The minimum atomic E-state index is -4.00. The van der Waals surface area contributed by atoms with Crippen molar-refractivity contribution < 1.29 is 27.8 Å². The quantitative estimate of drug-likeness (QED) is 0.126. The van der Waals surface area contributed by atoms with E-state index in [1.807, 2.05) is 89.6 Å². The first-order chi connectivity index (χ1) is 28.1. The third-order valence-electron chi connectivity index (χ3n) is 10.2. The number of amides is 1. The van der Waals surface area contributed by atoms with Crippen LogP contribution in [0.1, 0.15) is 27.9 Å². The zero-order chi connectivity index (χ0) is 40.4. The Hall–Kier alpha value is -7.12. The molecule has 0 saturated heterocycles. The lowest BCUT2D eigenvalue weighted by molar-refractivity contribution is 0.139. The van der Waals surface area contributed by atoms with Crippen LogP contribution in [0, 0.1) is 0 Å². The molecule has 1 amide bonds. The van der Waals surface area contributed by atoms with Gasteiger partial charge in [-0.1, -0.05) is 72.8 Å². The normalized spacial score (nSPS) is 11.6. The lowest BCUT2D eigenvalue weighted by Gasteiger charge is -2.19. The number of hydrogen-bond acceptors (Lipinski definition) is 7. The fraction of sp³-hybridized carbons (Fsp3) is 0.133. The predicted octanol–water partition coefficient (Wildman–Crippen LogP) is 7.69. The number of aromatic nitrogens is 4. The van der Waals surface area contributed by atoms with Gasteiger partial charge in [0.1, 0.15) is 17.0 Å². The molecule has 0 aliphatic heterocycles. The number of pyridine rings is 1. The van der Waals surface area contributed by atoms with E-state index in [0.29, 0.717) is 39.9 Å². The van der Waals surface area contributed by atoms with E-state index in [-0.39, 0.29) is 35.7 Å². The van der Waals surface area contributed by atoms with E-state index in [4.69, 9.17) is 9.47 Å². The number of hydrogen-bond donors (Lipinski definition) is 1. The predicted molar refractivity (Wildman–Crippen MR) is 221 cm³/mol. The number of carboxylic acid groups (broad SMARTS) is 1. The molecule has 0 aliphatic rings. The summed E-state index contributed by atoms with van der Waals surface area (Å²) in [5.74, 6) is 1.19. The number of nitrogens with zero attached hydrogens (tertiary/aromatic N) is 5. The Bertz CT molecular complexity index is 2940. The van der Waals surface area contributed by atoms with E-state index >= 15 is 0 Å². The van der Waals surface area contributed by atoms with Crippen LogP contribution < -0.4 is 15.0 Å². The fourth-order valence-electron chi connectivity index (χ4n) is 7.21. The van der Waals surface area contributed by atoms with Crippen molar-refractivity contribution >= 4 is 32.7 Å². The summed E-state index contributed by atoms with van der Waals surface area (Å²) in [6.45, 7) is 0.686. The average Bonchev–Trinajstić information content (AvgIpc) is 3.87. The molecule has 4 aromatic heterocycles. The lowest BCUT2D eigenvalue weighted by atomic mass is 10.1. The SMILES string of the molecule is COc1ccc(Cn2cc(Cc3ccc(CN(Cc4ccccc4)C(=O)O)cc3)n3cc(-c4cn(S(=O)(=O)c5ccccc5)c5ncccc45)cc3c2=O)c(OC)c1. The van der Waals surface area contributed by atoms with Crippen molar-refractivity contribution in [1.82, 2.24) is 22.8 Å². The zero-order valence-electron chi connectivity index (χ0n) is 31.7. The summed E-state index contributed by atoms with van der Waals surface area (Å²) in [6, 6.07) is 36.2. The highest BCUT2D eigenvalue weighted by atomic mass is 32.2. The third-order valence-corrected chi connectivity index (χ3v) is 11.8. The van der Waals surface area contributed by atoms with Crippen LogP contribution in [0.15, 0.2) is 156 Å². The highest BCUT2D eigenvalue weighted by molar-refractivity contribution is 7.90. The van der Waals surface area contributed by atoms with Crippen LogP contribution in [-0.4, -0.2) is 56.7 Å². The van der Waals surface area contributed by atoms with Gasteiger partial charge >= 0.3 is 6.09 Å². The van der Waals surface area contributed by atoms with Crippen molar-refractivity contribution in [3.05, 3.63) is 184 Å². The number of rotatable bonds is 13. The molecule has 0 bridgehead atoms. The van der Waals surface area contributed by atoms with Gasteiger partial charge in [-0.25, -0.2) is 22.2 Å². The Morgan fingerprint density at radius 2 is 1.47 bits per heavy atom. The van der Waals surface area contributed by atoms with Gasteiger partial charge < -0.3 is 23.5 Å². The van der Waals surface area contributed by atoms with Crippen LogP contribution in [0.5, 0.6) is 11.5 Å². The van der Waals surface area contributed by atoms with Crippen molar-refractivity contribution in [3.8, 4) is 22.6 Å². The van der Waals surface area contributed by atoms with Crippen LogP contribution in [-0.2, 0) is 36.1 Å². The van der Waals surface area contributed by atoms with Crippen LogP contribution in [0.25, 0.3) is 27.7 Å². The van der Waals surface area contributed by atoms with E-state index in [2.05, 4.69) is 4.98 Å². The maximum Gasteiger partial charge on any atom is 0.407 e. The number of benzene rings is 4. The van der Waals surface area contributed by atoms with Crippen molar-refractivity contribution in [2.24, 2.45) is 0 Å². The molecule has 292 valence electrons. The van der Waals surface area contributed by atoms with Crippen LogP contribution in [0.4, 0.5) is 4.79 Å². The summed E-state index contributed by atoms with van der Waals surface area (Å²) >= 11 is 0. The van der Waals surface area contributed by atoms with E-state index < -0.39 is 16.1 Å². The van der Waals surface area contributed by atoms with E-state index in [1.54, 1.807) is 79.7 Å². The van der Waals surface area contributed by atoms with Gasteiger partial charge in [-0.05, 0) is 59.2 Å². The first-order valence-corrected chi connectivity index (χ1v) is 19.9. The monoisotopic (exact) mass is 793 g/mol. The standard InChI is InChI=1S/C45H39N5O7S/c1-56-37-20-19-34(42(24-37)57-2)27-47-29-36(22-31-15-17-33(18-16-31)26-48(45(52)53)25-32-10-5-3-6-11-32)49-28-35(23-41(49)44(47)51)40-30-50(43-39(40)14-9-21-46-43)58(54,55)38-12-7-4-8-13-38/h3-21,23-24,28-30H,22,25-27H2,1-2H3,(H,52,53). The molecule has 0 atom stereocenters. The molecule has 4 heterocycles. The van der Waals surface area contributed by atoms with Gasteiger partial charge in [0, 0.05) is 78.1 Å². The summed E-state index contributed by atoms with van der Waals surface area (Å²) in [6.07, 6.45) is 6.21. The van der Waals surface area contributed by atoms with Crippen LogP contribution in [0.2, 0.25) is 0 Å². The van der Waals surface area contributed by atoms with Gasteiger partial charge in [0.25, 0.3) is 15.6 Å². The van der Waals surface area contributed by atoms with Crippen molar-refractivity contribution in [1.29, 1.82) is 0 Å². The summed E-state index contributed by atoms with van der Waals surface area (Å²) in [4.78, 5) is 32.5. The van der Waals surface area contributed by atoms with Crippen molar-refractivity contribution in [2.75, 3.05) is 14.2 Å². The fourth-order valence-corrected chi connectivity index (χ4v) is 8.56. The zero-order valence-corrected chi connectivity index (χ0v) is 32.5. The number of fused-ring (bicyclic) bond motifs is 2. The Morgan fingerprint density at radius 1 is 0.776 bits per heavy atom. The Labute approximate surface area is 334 Å². The summed E-state index contributed by atoms with van der Waals surface area (Å²) in [5, 5.41) is 10.6. The minimum absolute atomic E-state index is 0.128. The second-order valence-corrected chi connectivity index (χ2v) is 15.7. The Morgan fingerprint density at radius 3 is 2.16 bits per heavy atom. The smallest absolute Gasteiger partial charge is 0.407 e. The molecule has 58 heavy (non-hydrogen) atoms. The molecular weight excluding hydrogens is 755 g/mol. The maximum absolute atomic E-state index is 14.4. The van der Waals surface area contributed by atoms with E-state index in [1.165, 1.54) is 8.87 Å². The average molecular weight is 794 g/mol. The number of ether oxygens (including phenoxy) is 2. The summed E-state index contributed by atoms with van der Waals surface area (Å²) in [7, 11) is -0.854. The molecule has 0 saturated carbocycles. The molecule has 4 aromatic carbocycles. The highest BCUT2D eigenvalue weighted by Crippen LogP contribution is 2.34. The largest absolute Gasteiger partial charge is 0.497 e. The van der Waals surface area contributed by atoms with Gasteiger partial charge in [-0.15, -0.1) is 0 Å². The molecule has 0 spiro atoms. The Kier molecular flexibility index (Phi) is 10.3. The molecule has 8 aromatic rings. The maximum atomic E-state index is 14.4. The molecule has 0 radical (unpaired) electrons. The van der Waals surface area contributed by atoms with Gasteiger partial charge in [0.05, 0.1) is 25.7 Å². The number of carbonyl (C=O) groups is 1. The van der Waals surface area contributed by atoms with Gasteiger partial charge in [-0.3, -0.25) is 9.69 Å². The van der Waals surface area contributed by atoms with Crippen LogP contribution in [0.3, 0.4) is 0 Å². The molecule has 0 aliphatic carbocycles. The topological polar surface area (TPSA) is 137 Å². The summed E-state index contributed by atoms with van der Waals surface area (Å²) in [5.41, 5.74) is 5.88. The highest BCUT2D eigenvalue weighted by Gasteiger charge is 2.24. The van der Waals surface area contributed by atoms with Crippen molar-refractivity contribution in [2.45, 2.75) is 31.0 Å². The molecule has 0 unspecified atom stereocenters. The van der Waals surface area contributed by atoms with E-state index in [0.717, 1.165) is 27.9 Å². The second-order valence-electron chi connectivity index (χ2n) is 13.9. The van der Waals surface area contributed by atoms with Gasteiger partial charge in [0.15, 0.2) is 5.65 Å². The molecule has 1 N–H and O–H groups in total. The Balaban J connectivity index is 1.20.